The maximum absolute atomic E-state index is 8.55. The molecule has 0 bridgehead atoms. The Bertz CT molecular complexity index is 61.9. The number of phosphoric acid groups is 1. The van der Waals surface area contributed by atoms with Crippen LogP contribution in [0.4, 0.5) is 0 Å². The summed E-state index contributed by atoms with van der Waals surface area (Å²) in [5.41, 5.74) is 0. The first kappa shape index (κ1) is 29.3. The molecule has 0 aliphatic carbocycles. The maximum atomic E-state index is 8.55. The molecule has 0 heterocycles. The van der Waals surface area contributed by atoms with Crippen molar-refractivity contribution in [3.63, 3.8) is 0 Å². The number of hydrogen-bond acceptors (Lipinski definition) is 4. The van der Waals surface area contributed by atoms with Crippen molar-refractivity contribution < 1.29 is 192 Å². The van der Waals surface area contributed by atoms with E-state index in [0.29, 0.717) is 0 Å². The van der Waals surface area contributed by atoms with Gasteiger partial charge in [0, 0.05) is 0 Å². The first-order valence-electron chi connectivity index (χ1n) is 0.730. The molecule has 0 radical (unpaired) electrons. The van der Waals surface area contributed by atoms with Crippen LogP contribution in [0.25, 0.3) is 0 Å². The summed E-state index contributed by atoms with van der Waals surface area (Å²) in [6.07, 6.45) is 0. The van der Waals surface area contributed by atoms with Gasteiger partial charge in [-0.05, 0) is 0 Å². The Balaban J connectivity index is -0.0000000133. The monoisotopic (exact) mass is 219 g/mol. The third-order valence-corrected chi connectivity index (χ3v) is 0. The molecule has 0 aliphatic rings. The van der Waals surface area contributed by atoms with Crippen LogP contribution in [0, 0.1) is 0 Å². The molecule has 9 heteroatoms. The first-order chi connectivity index (χ1) is 2.00. The van der Waals surface area contributed by atoms with Gasteiger partial charge < -0.3 is 19.2 Å². The smallest absolute Gasteiger partial charge is 0.822 e. The predicted molar refractivity (Wildman–Crippen MR) is 7.61 cm³/mol. The molecule has 0 rings (SSSR count). The van der Waals surface area contributed by atoms with Crippen LogP contribution >= 0.6 is 7.82 Å². The van der Waals surface area contributed by atoms with Crippen molar-refractivity contribution in [1.29, 1.82) is 0 Å². The molecule has 0 aromatic rings. The fourth-order valence-electron chi connectivity index (χ4n) is 0. The second kappa shape index (κ2) is 16.1. The molecular weight excluding hydrogens is 219 g/mol. The van der Waals surface area contributed by atoms with Gasteiger partial charge in [0.05, 0.1) is 0 Å². The van der Waals surface area contributed by atoms with E-state index in [-0.39, 0.29) is 173 Å². The van der Waals surface area contributed by atoms with Crippen LogP contribution in [-0.2, 0) is 4.57 Å². The van der Waals surface area contributed by atoms with Crippen molar-refractivity contribution in [2.45, 2.75) is 0 Å². The van der Waals surface area contributed by atoms with Gasteiger partial charge in [-0.15, -0.1) is 0 Å². The summed E-state index contributed by atoms with van der Waals surface area (Å²) < 4.78 is 8.55. The summed E-state index contributed by atoms with van der Waals surface area (Å²) in [4.78, 5) is 25.6. The molecule has 0 saturated carbocycles. The summed E-state index contributed by atoms with van der Waals surface area (Å²) in [5, 5.41) is 0. The minimum Gasteiger partial charge on any atom is -0.822 e. The van der Waals surface area contributed by atoms with Crippen LogP contribution in [0.5, 0.6) is 0 Å². The van der Waals surface area contributed by atoms with Crippen molar-refractivity contribution in [2.75, 3.05) is 0 Å². The summed E-state index contributed by atoms with van der Waals surface area (Å²) in [6, 6.07) is 0. The van der Waals surface area contributed by atoms with E-state index in [1.807, 2.05) is 0 Å². The average Bonchev–Trinajstić information content (AvgIpc) is 0.722. The maximum Gasteiger partial charge on any atom is 1.00 e. The Morgan fingerprint density at radius 3 is 0.889 bits per heavy atom. The van der Waals surface area contributed by atoms with Crippen molar-refractivity contribution in [3.8, 4) is 0 Å². The van der Waals surface area contributed by atoms with Crippen LogP contribution in [-0.4, -0.2) is 0 Å². The van der Waals surface area contributed by atoms with Crippen molar-refractivity contribution in [2.24, 2.45) is 0 Å². The molecule has 0 N–H and O–H groups in total. The second-order valence-corrected chi connectivity index (χ2v) is 1.34. The number of hydrogen-bond donors (Lipinski definition) is 0. The normalized spacial score (nSPS) is 6.56. The van der Waals surface area contributed by atoms with Crippen LogP contribution in [0.15, 0.2) is 0 Å². The van der Waals surface area contributed by atoms with E-state index in [0.717, 1.165) is 0 Å². The minimum atomic E-state index is -5.39. The molecule has 0 atom stereocenters. The largest absolute Gasteiger partial charge is 1.00 e. The van der Waals surface area contributed by atoms with Gasteiger partial charge in [-0.25, -0.2) is 0 Å². The van der Waals surface area contributed by atoms with Crippen molar-refractivity contribution in [1.82, 2.24) is 0 Å². The molecule has 0 aromatic heterocycles. The van der Waals surface area contributed by atoms with E-state index in [1.54, 1.807) is 0 Å². The van der Waals surface area contributed by atoms with Gasteiger partial charge in [0.1, 0.15) is 0 Å². The summed E-state index contributed by atoms with van der Waals surface area (Å²) in [7, 11) is -5.39. The van der Waals surface area contributed by atoms with Gasteiger partial charge in [0.15, 0.2) is 0 Å². The van der Waals surface area contributed by atoms with Gasteiger partial charge in [-0.2, -0.15) is 7.82 Å². The van der Waals surface area contributed by atoms with E-state index in [2.05, 4.69) is 0 Å². The average molecular weight is 219 g/mol. The standard InChI is InChI=1S/3K.Li.H3O4P/c;;;;1-5(2,3)4/h;;;;(H3,1,2,3,4)/q4*+1;/p-3. The zero-order chi connectivity index (χ0) is 4.50. The summed E-state index contributed by atoms with van der Waals surface area (Å²) >= 11 is 0. The topological polar surface area (TPSA) is 86.2 Å². The van der Waals surface area contributed by atoms with Gasteiger partial charge >= 0.3 is 173 Å². The molecule has 0 fully saturated rings. The first-order valence-corrected chi connectivity index (χ1v) is 2.19. The Morgan fingerprint density at radius 1 is 0.889 bits per heavy atom. The molecule has 0 aliphatic heterocycles. The van der Waals surface area contributed by atoms with E-state index in [1.165, 1.54) is 0 Å². The van der Waals surface area contributed by atoms with Crippen molar-refractivity contribution in [3.05, 3.63) is 0 Å². The van der Waals surface area contributed by atoms with Crippen LogP contribution < -0.4 is 188 Å². The number of rotatable bonds is 0. The zero-order valence-corrected chi connectivity index (χ0v) is 16.3. The molecule has 9 heavy (non-hydrogen) atoms. The molecule has 0 unspecified atom stereocenters. The molecule has 4 nitrogen and oxygen atoms in total. The Hall–Kier alpha value is 5.62. The molecule has 0 spiro atoms. The van der Waals surface area contributed by atoms with Gasteiger partial charge in [-0.1, -0.05) is 0 Å². The van der Waals surface area contributed by atoms with Gasteiger partial charge in [0.2, 0.25) is 0 Å². The van der Waals surface area contributed by atoms with Crippen molar-refractivity contribution >= 4 is 7.82 Å². The predicted octanol–water partition coefficient (Wildman–Crippen LogP) is -14.8. The fourth-order valence-corrected chi connectivity index (χ4v) is 0. The Morgan fingerprint density at radius 2 is 0.889 bits per heavy atom. The van der Waals surface area contributed by atoms with E-state index >= 15 is 0 Å². The Labute approximate surface area is 193 Å². The minimum absolute atomic E-state index is 0. The SMILES string of the molecule is O=P([O-])([O-])[O-].[K+].[K+].[K+].[Li+]. The quantitative estimate of drug-likeness (QED) is 0.299. The molecule has 0 aromatic carbocycles. The fraction of sp³-hybridized carbons (Fsp3) is 0. The van der Waals surface area contributed by atoms with Crippen LogP contribution in [0.2, 0.25) is 0 Å². The van der Waals surface area contributed by atoms with E-state index < -0.39 is 7.82 Å². The molecular formula is K3LiO4P+. The van der Waals surface area contributed by atoms with Gasteiger partial charge in [-0.3, -0.25) is 0 Å². The Kier molecular flexibility index (Phi) is 52.3. The second-order valence-electron chi connectivity index (χ2n) is 0.447. The zero-order valence-electron chi connectivity index (χ0n) is 6.08. The summed E-state index contributed by atoms with van der Waals surface area (Å²) in [5.74, 6) is 0. The molecule has 32 valence electrons. The van der Waals surface area contributed by atoms with Crippen LogP contribution in [0.3, 0.4) is 0 Å². The third kappa shape index (κ3) is 58.2. The summed E-state index contributed by atoms with van der Waals surface area (Å²) in [6.45, 7) is 0. The van der Waals surface area contributed by atoms with Gasteiger partial charge in [0.25, 0.3) is 0 Å². The third-order valence-electron chi connectivity index (χ3n) is 0. The van der Waals surface area contributed by atoms with E-state index in [4.69, 9.17) is 19.2 Å². The molecule has 0 amide bonds. The molecule has 0 saturated heterocycles. The van der Waals surface area contributed by atoms with Crippen LogP contribution in [0.1, 0.15) is 0 Å². The van der Waals surface area contributed by atoms with E-state index in [9.17, 15) is 0 Å².